The lowest BCUT2D eigenvalue weighted by Crippen LogP contribution is -2.28. The zero-order valence-electron chi connectivity index (χ0n) is 16.6. The summed E-state index contributed by atoms with van der Waals surface area (Å²) in [5.74, 6) is 0.929. The van der Waals surface area contributed by atoms with E-state index in [-0.39, 0.29) is 18.2 Å². The first-order chi connectivity index (χ1) is 13.3. The zero-order chi connectivity index (χ0) is 20.4. The number of amides is 1. The number of halogens is 1. The molecule has 0 atom stereocenters. The molecule has 2 aromatic heterocycles. The Kier molecular flexibility index (Phi) is 5.74. The Labute approximate surface area is 168 Å². The van der Waals surface area contributed by atoms with Crippen LogP contribution in [0.25, 0.3) is 0 Å². The third kappa shape index (κ3) is 4.04. The van der Waals surface area contributed by atoms with Crippen molar-refractivity contribution < 1.29 is 14.1 Å². The van der Waals surface area contributed by atoms with Crippen molar-refractivity contribution in [3.63, 3.8) is 0 Å². The van der Waals surface area contributed by atoms with Gasteiger partial charge in [-0.2, -0.15) is 5.10 Å². The van der Waals surface area contributed by atoms with Gasteiger partial charge in [-0.25, -0.2) is 0 Å². The quantitative estimate of drug-likeness (QED) is 0.626. The van der Waals surface area contributed by atoms with Gasteiger partial charge in [0.05, 0.1) is 11.3 Å². The number of carbonyl (C=O) groups excluding carboxylic acids is 1. The van der Waals surface area contributed by atoms with E-state index in [0.29, 0.717) is 28.6 Å². The van der Waals surface area contributed by atoms with Gasteiger partial charge in [0.15, 0.2) is 5.69 Å². The van der Waals surface area contributed by atoms with Gasteiger partial charge >= 0.3 is 0 Å². The van der Waals surface area contributed by atoms with Crippen molar-refractivity contribution in [2.75, 3.05) is 7.05 Å². The van der Waals surface area contributed by atoms with Crippen LogP contribution in [0.15, 0.2) is 28.8 Å². The van der Waals surface area contributed by atoms with Gasteiger partial charge in [0.2, 0.25) is 0 Å². The molecule has 0 aliphatic heterocycles. The molecule has 0 unspecified atom stereocenters. The molecule has 0 N–H and O–H groups in total. The van der Waals surface area contributed by atoms with Crippen molar-refractivity contribution in [2.45, 2.75) is 33.9 Å². The summed E-state index contributed by atoms with van der Waals surface area (Å²) < 4.78 is 12.8. The fourth-order valence-corrected chi connectivity index (χ4v) is 3.16. The highest BCUT2D eigenvalue weighted by molar-refractivity contribution is 6.30. The lowest BCUT2D eigenvalue weighted by Gasteiger charge is -2.17. The minimum Gasteiger partial charge on any atom is -0.489 e. The van der Waals surface area contributed by atoms with E-state index < -0.39 is 0 Å². The number of aromatic nitrogens is 3. The van der Waals surface area contributed by atoms with Crippen LogP contribution in [0.1, 0.15) is 38.8 Å². The van der Waals surface area contributed by atoms with E-state index in [1.54, 1.807) is 43.1 Å². The molecule has 3 aromatic rings. The van der Waals surface area contributed by atoms with Crippen LogP contribution in [0.5, 0.6) is 5.75 Å². The second kappa shape index (κ2) is 8.06. The van der Waals surface area contributed by atoms with Gasteiger partial charge in [-0.15, -0.1) is 0 Å². The predicted molar refractivity (Wildman–Crippen MR) is 106 cm³/mol. The van der Waals surface area contributed by atoms with Crippen molar-refractivity contribution in [1.82, 2.24) is 19.8 Å². The molecule has 0 saturated carbocycles. The van der Waals surface area contributed by atoms with Crippen LogP contribution in [0.4, 0.5) is 0 Å². The molecule has 0 saturated heterocycles. The molecule has 8 heteroatoms. The minimum atomic E-state index is -0.232. The number of benzene rings is 1. The summed E-state index contributed by atoms with van der Waals surface area (Å²) in [6.07, 6.45) is 0. The van der Waals surface area contributed by atoms with E-state index in [1.165, 1.54) is 0 Å². The van der Waals surface area contributed by atoms with E-state index in [1.807, 2.05) is 25.6 Å². The van der Waals surface area contributed by atoms with Gasteiger partial charge in [0.25, 0.3) is 5.91 Å². The fourth-order valence-electron chi connectivity index (χ4n) is 2.98. The summed E-state index contributed by atoms with van der Waals surface area (Å²) in [5, 5.41) is 8.95. The molecule has 28 heavy (non-hydrogen) atoms. The molecule has 0 bridgehead atoms. The van der Waals surface area contributed by atoms with Crippen molar-refractivity contribution in [3.05, 3.63) is 63.3 Å². The SMILES string of the molecule is Cc1nn(C)c(C)c1CN(C)C(=O)c1noc(C)c1COc1cccc(Cl)c1. The lowest BCUT2D eigenvalue weighted by molar-refractivity contribution is 0.0772. The highest BCUT2D eigenvalue weighted by Gasteiger charge is 2.24. The van der Waals surface area contributed by atoms with E-state index in [9.17, 15) is 4.79 Å². The van der Waals surface area contributed by atoms with Crippen LogP contribution in [0, 0.1) is 20.8 Å². The average Bonchev–Trinajstić information content (AvgIpc) is 3.13. The molecule has 0 spiro atoms. The van der Waals surface area contributed by atoms with E-state index in [0.717, 1.165) is 17.0 Å². The molecule has 2 heterocycles. The smallest absolute Gasteiger partial charge is 0.276 e. The maximum atomic E-state index is 13.0. The van der Waals surface area contributed by atoms with E-state index in [4.69, 9.17) is 20.9 Å². The Hall–Kier alpha value is -2.80. The third-order valence-corrected chi connectivity index (χ3v) is 5.00. The second-order valence-corrected chi connectivity index (χ2v) is 7.18. The highest BCUT2D eigenvalue weighted by Crippen LogP contribution is 2.22. The number of hydrogen-bond acceptors (Lipinski definition) is 5. The van der Waals surface area contributed by atoms with Crippen LogP contribution >= 0.6 is 11.6 Å². The van der Waals surface area contributed by atoms with Gasteiger partial charge in [-0.3, -0.25) is 9.48 Å². The number of carbonyl (C=O) groups is 1. The monoisotopic (exact) mass is 402 g/mol. The molecule has 1 amide bonds. The highest BCUT2D eigenvalue weighted by atomic mass is 35.5. The van der Waals surface area contributed by atoms with Crippen molar-refractivity contribution >= 4 is 17.5 Å². The molecule has 148 valence electrons. The number of aryl methyl sites for hydroxylation is 3. The Morgan fingerprint density at radius 2 is 2.04 bits per heavy atom. The number of hydrogen-bond donors (Lipinski definition) is 0. The molecule has 0 aliphatic rings. The summed E-state index contributed by atoms with van der Waals surface area (Å²) in [6.45, 7) is 6.28. The molecular formula is C20H23ClN4O3. The Balaban J connectivity index is 1.76. The molecule has 3 rings (SSSR count). The largest absolute Gasteiger partial charge is 0.489 e. The summed E-state index contributed by atoms with van der Waals surface area (Å²) in [6, 6.07) is 7.09. The maximum absolute atomic E-state index is 13.0. The summed E-state index contributed by atoms with van der Waals surface area (Å²) in [5.41, 5.74) is 3.83. The van der Waals surface area contributed by atoms with Gasteiger partial charge in [-0.05, 0) is 39.0 Å². The molecule has 0 aliphatic carbocycles. The van der Waals surface area contributed by atoms with Crippen molar-refractivity contribution in [3.8, 4) is 5.75 Å². The zero-order valence-corrected chi connectivity index (χ0v) is 17.4. The van der Waals surface area contributed by atoms with Crippen LogP contribution in [0.2, 0.25) is 5.02 Å². The topological polar surface area (TPSA) is 73.4 Å². The van der Waals surface area contributed by atoms with Gasteiger partial charge < -0.3 is 14.2 Å². The van der Waals surface area contributed by atoms with Gasteiger partial charge in [0.1, 0.15) is 18.1 Å². The first kappa shape index (κ1) is 19.9. The second-order valence-electron chi connectivity index (χ2n) is 6.75. The van der Waals surface area contributed by atoms with Gasteiger partial charge in [-0.1, -0.05) is 22.8 Å². The van der Waals surface area contributed by atoms with Gasteiger partial charge in [0, 0.05) is 36.9 Å². The first-order valence-corrected chi connectivity index (χ1v) is 9.23. The number of nitrogens with zero attached hydrogens (tertiary/aromatic N) is 4. The standard InChI is InChI=1S/C20H23ClN4O3/c1-12-17(13(2)25(5)22-12)10-24(4)20(26)19-18(14(3)28-23-19)11-27-16-8-6-7-15(21)9-16/h6-9H,10-11H2,1-5H3. The summed E-state index contributed by atoms with van der Waals surface area (Å²) >= 11 is 5.99. The number of ether oxygens (including phenoxy) is 1. The summed E-state index contributed by atoms with van der Waals surface area (Å²) in [7, 11) is 3.62. The molecule has 1 aromatic carbocycles. The third-order valence-electron chi connectivity index (χ3n) is 4.77. The Morgan fingerprint density at radius 3 is 2.68 bits per heavy atom. The summed E-state index contributed by atoms with van der Waals surface area (Å²) in [4.78, 5) is 14.6. The molecular weight excluding hydrogens is 380 g/mol. The predicted octanol–water partition coefficient (Wildman–Crippen LogP) is 3.84. The lowest BCUT2D eigenvalue weighted by atomic mass is 10.1. The molecule has 0 fully saturated rings. The normalized spacial score (nSPS) is 10.9. The first-order valence-electron chi connectivity index (χ1n) is 8.86. The number of rotatable bonds is 6. The van der Waals surface area contributed by atoms with Crippen LogP contribution < -0.4 is 4.74 Å². The van der Waals surface area contributed by atoms with Crippen LogP contribution in [0.3, 0.4) is 0 Å². The Bertz CT molecular complexity index is 1010. The van der Waals surface area contributed by atoms with Crippen LogP contribution in [-0.2, 0) is 20.2 Å². The van der Waals surface area contributed by atoms with Crippen LogP contribution in [-0.4, -0.2) is 32.8 Å². The average molecular weight is 403 g/mol. The van der Waals surface area contributed by atoms with E-state index >= 15 is 0 Å². The van der Waals surface area contributed by atoms with Crippen molar-refractivity contribution in [1.29, 1.82) is 0 Å². The van der Waals surface area contributed by atoms with Crippen molar-refractivity contribution in [2.24, 2.45) is 7.05 Å². The minimum absolute atomic E-state index is 0.162. The Morgan fingerprint density at radius 1 is 1.29 bits per heavy atom. The maximum Gasteiger partial charge on any atom is 0.276 e. The van der Waals surface area contributed by atoms with E-state index in [2.05, 4.69) is 10.3 Å². The fraction of sp³-hybridized carbons (Fsp3) is 0.350. The molecule has 7 nitrogen and oxygen atoms in total. The molecule has 0 radical (unpaired) electrons.